The summed E-state index contributed by atoms with van der Waals surface area (Å²) in [5.74, 6) is -0.259. The highest BCUT2D eigenvalue weighted by molar-refractivity contribution is 6.30. The van der Waals surface area contributed by atoms with E-state index in [4.69, 9.17) is 16.3 Å². The number of halogens is 2. The Kier molecular flexibility index (Phi) is 5.19. The Hall–Kier alpha value is -2.92. The van der Waals surface area contributed by atoms with E-state index in [1.807, 2.05) is 0 Å². The van der Waals surface area contributed by atoms with Crippen molar-refractivity contribution in [3.63, 3.8) is 0 Å². The molecule has 0 radical (unpaired) electrons. The first kappa shape index (κ1) is 17.9. The van der Waals surface area contributed by atoms with E-state index in [2.05, 4.69) is 5.32 Å². The monoisotopic (exact) mass is 371 g/mol. The standard InChI is InChI=1S/C20H15ClFNO3/c1-12-9-14(22)6-8-18(12)26-19-10-13(21)5-7-17(19)20(25)23-15-3-2-4-16(24)11-15/h2-3,5-11H,4H2,1H3,(H,23,25). The average Bonchev–Trinajstić information content (AvgIpc) is 2.57. The summed E-state index contributed by atoms with van der Waals surface area (Å²) in [4.78, 5) is 24.1. The Morgan fingerprint density at radius 2 is 2.00 bits per heavy atom. The van der Waals surface area contributed by atoms with Crippen molar-refractivity contribution in [3.05, 3.63) is 82.3 Å². The second-order valence-electron chi connectivity index (χ2n) is 5.78. The van der Waals surface area contributed by atoms with Crippen molar-refractivity contribution in [1.82, 2.24) is 5.32 Å². The molecule has 1 aliphatic carbocycles. The quantitative estimate of drug-likeness (QED) is 0.845. The number of nitrogens with one attached hydrogen (secondary N) is 1. The van der Waals surface area contributed by atoms with Crippen molar-refractivity contribution in [1.29, 1.82) is 0 Å². The first-order valence-electron chi connectivity index (χ1n) is 7.88. The summed E-state index contributed by atoms with van der Waals surface area (Å²) >= 11 is 6.02. The van der Waals surface area contributed by atoms with E-state index in [-0.39, 0.29) is 22.9 Å². The van der Waals surface area contributed by atoms with Crippen molar-refractivity contribution in [2.75, 3.05) is 0 Å². The molecule has 0 bridgehead atoms. The van der Waals surface area contributed by atoms with Gasteiger partial charge in [-0.1, -0.05) is 17.7 Å². The zero-order valence-electron chi connectivity index (χ0n) is 13.9. The lowest BCUT2D eigenvalue weighted by molar-refractivity contribution is -0.113. The van der Waals surface area contributed by atoms with Crippen LogP contribution in [0.25, 0.3) is 0 Å². The van der Waals surface area contributed by atoms with Gasteiger partial charge in [-0.15, -0.1) is 0 Å². The van der Waals surface area contributed by atoms with Gasteiger partial charge >= 0.3 is 0 Å². The summed E-state index contributed by atoms with van der Waals surface area (Å²) in [7, 11) is 0. The minimum absolute atomic E-state index is 0.0858. The molecule has 0 aromatic heterocycles. The number of amides is 1. The Labute approximate surface area is 154 Å². The van der Waals surface area contributed by atoms with Crippen molar-refractivity contribution >= 4 is 23.3 Å². The highest BCUT2D eigenvalue weighted by atomic mass is 35.5. The van der Waals surface area contributed by atoms with Crippen LogP contribution in [0.5, 0.6) is 11.5 Å². The lowest BCUT2D eigenvalue weighted by Crippen LogP contribution is -2.24. The third-order valence-corrected chi connectivity index (χ3v) is 3.97. The van der Waals surface area contributed by atoms with E-state index in [0.29, 0.717) is 28.5 Å². The highest BCUT2D eigenvalue weighted by Gasteiger charge is 2.17. The van der Waals surface area contributed by atoms with Gasteiger partial charge in [0, 0.05) is 29.3 Å². The van der Waals surface area contributed by atoms with Gasteiger partial charge in [0.1, 0.15) is 17.3 Å². The lowest BCUT2D eigenvalue weighted by Gasteiger charge is -2.14. The topological polar surface area (TPSA) is 55.4 Å². The van der Waals surface area contributed by atoms with Gasteiger partial charge in [-0.25, -0.2) is 4.39 Å². The lowest BCUT2D eigenvalue weighted by atomic mass is 10.1. The van der Waals surface area contributed by atoms with Gasteiger partial charge in [0.25, 0.3) is 5.91 Å². The average molecular weight is 372 g/mol. The molecule has 4 nitrogen and oxygen atoms in total. The van der Waals surface area contributed by atoms with Crippen LogP contribution in [0.3, 0.4) is 0 Å². The molecule has 1 aliphatic rings. The van der Waals surface area contributed by atoms with Crippen LogP contribution in [0.2, 0.25) is 5.02 Å². The number of carbonyl (C=O) groups excluding carboxylic acids is 2. The van der Waals surface area contributed by atoms with Gasteiger partial charge < -0.3 is 10.1 Å². The number of hydrogen-bond donors (Lipinski definition) is 1. The summed E-state index contributed by atoms with van der Waals surface area (Å²) in [5, 5.41) is 3.06. The molecule has 0 fully saturated rings. The molecule has 0 saturated carbocycles. The van der Waals surface area contributed by atoms with Crippen LogP contribution in [0, 0.1) is 12.7 Å². The highest BCUT2D eigenvalue weighted by Crippen LogP contribution is 2.31. The zero-order valence-corrected chi connectivity index (χ0v) is 14.6. The zero-order chi connectivity index (χ0) is 18.7. The SMILES string of the molecule is Cc1cc(F)ccc1Oc1cc(Cl)ccc1C(=O)NC1=CC(=O)CC=C1. The van der Waals surface area contributed by atoms with Crippen molar-refractivity contribution < 1.29 is 18.7 Å². The van der Waals surface area contributed by atoms with Gasteiger partial charge in [-0.3, -0.25) is 9.59 Å². The van der Waals surface area contributed by atoms with Crippen molar-refractivity contribution in [2.45, 2.75) is 13.3 Å². The van der Waals surface area contributed by atoms with Crippen molar-refractivity contribution in [3.8, 4) is 11.5 Å². The van der Waals surface area contributed by atoms with Crippen LogP contribution in [0.4, 0.5) is 4.39 Å². The predicted molar refractivity (Wildman–Crippen MR) is 97.0 cm³/mol. The maximum Gasteiger partial charge on any atom is 0.259 e. The first-order chi connectivity index (χ1) is 12.4. The normalized spacial score (nSPS) is 13.3. The van der Waals surface area contributed by atoms with Crippen molar-refractivity contribution in [2.24, 2.45) is 0 Å². The smallest absolute Gasteiger partial charge is 0.259 e. The van der Waals surface area contributed by atoms with Crippen LogP contribution in [0.15, 0.2) is 60.3 Å². The Morgan fingerprint density at radius 1 is 1.19 bits per heavy atom. The molecule has 3 rings (SSSR count). The van der Waals surface area contributed by atoms with Gasteiger partial charge in [0.2, 0.25) is 0 Å². The summed E-state index contributed by atoms with van der Waals surface area (Å²) < 4.78 is 19.1. The number of hydrogen-bond acceptors (Lipinski definition) is 3. The van der Waals surface area contributed by atoms with Crippen LogP contribution < -0.4 is 10.1 Å². The molecule has 6 heteroatoms. The van der Waals surface area contributed by atoms with Gasteiger partial charge in [-0.2, -0.15) is 0 Å². The maximum atomic E-state index is 13.3. The molecule has 2 aromatic rings. The van der Waals surface area contributed by atoms with E-state index in [0.717, 1.165) is 0 Å². The molecule has 26 heavy (non-hydrogen) atoms. The van der Waals surface area contributed by atoms with Crippen LogP contribution >= 0.6 is 11.6 Å². The second-order valence-corrected chi connectivity index (χ2v) is 6.22. The molecule has 2 aromatic carbocycles. The summed E-state index contributed by atoms with van der Waals surface area (Å²) in [6, 6.07) is 8.70. The molecule has 0 spiro atoms. The van der Waals surface area contributed by atoms with E-state index >= 15 is 0 Å². The fourth-order valence-corrected chi connectivity index (χ4v) is 2.63. The Morgan fingerprint density at radius 3 is 2.73 bits per heavy atom. The number of allylic oxidation sites excluding steroid dienone is 3. The van der Waals surface area contributed by atoms with E-state index in [9.17, 15) is 14.0 Å². The summed E-state index contributed by atoms with van der Waals surface area (Å²) in [6.07, 6.45) is 5.04. The minimum atomic E-state index is -0.443. The molecule has 1 amide bonds. The number of ether oxygens (including phenoxy) is 1. The summed E-state index contributed by atoms with van der Waals surface area (Å²) in [6.45, 7) is 1.70. The number of carbonyl (C=O) groups is 2. The second kappa shape index (κ2) is 7.54. The number of benzene rings is 2. The predicted octanol–water partition coefficient (Wildman–Crippen LogP) is 4.72. The maximum absolute atomic E-state index is 13.3. The van der Waals surface area contributed by atoms with E-state index in [1.165, 1.54) is 36.4 Å². The van der Waals surface area contributed by atoms with Crippen LogP contribution in [-0.2, 0) is 4.79 Å². The van der Waals surface area contributed by atoms with E-state index in [1.54, 1.807) is 25.1 Å². The fraction of sp³-hybridized carbons (Fsp3) is 0.100. The molecule has 0 atom stereocenters. The number of ketones is 1. The molecule has 0 aliphatic heterocycles. The molecule has 0 unspecified atom stereocenters. The van der Waals surface area contributed by atoms with Gasteiger partial charge in [0.15, 0.2) is 5.78 Å². The Bertz CT molecular complexity index is 950. The molecular weight excluding hydrogens is 357 g/mol. The molecular formula is C20H15ClFNO3. The fourth-order valence-electron chi connectivity index (χ4n) is 2.47. The largest absolute Gasteiger partial charge is 0.456 e. The number of aryl methyl sites for hydroxylation is 1. The summed E-state index contributed by atoms with van der Waals surface area (Å²) in [5.41, 5.74) is 1.23. The third-order valence-electron chi connectivity index (χ3n) is 3.74. The first-order valence-corrected chi connectivity index (χ1v) is 8.26. The molecule has 0 saturated heterocycles. The molecule has 0 heterocycles. The van der Waals surface area contributed by atoms with Gasteiger partial charge in [-0.05, 0) is 48.9 Å². The minimum Gasteiger partial charge on any atom is -0.456 e. The van der Waals surface area contributed by atoms with Gasteiger partial charge in [0.05, 0.1) is 5.56 Å². The Balaban J connectivity index is 1.89. The molecule has 132 valence electrons. The van der Waals surface area contributed by atoms with Crippen LogP contribution in [-0.4, -0.2) is 11.7 Å². The third kappa shape index (κ3) is 4.18. The van der Waals surface area contributed by atoms with E-state index < -0.39 is 5.91 Å². The number of rotatable bonds is 4. The van der Waals surface area contributed by atoms with Crippen LogP contribution in [0.1, 0.15) is 22.3 Å². The molecule has 1 N–H and O–H groups in total.